The molecule has 3 aromatic rings. The second kappa shape index (κ2) is 10.6. The molecule has 172 valence electrons. The number of nitrogens with one attached hydrogen (secondary N) is 2. The van der Waals surface area contributed by atoms with E-state index in [1.165, 1.54) is 66.7 Å². The minimum absolute atomic E-state index is 0.00433. The van der Waals surface area contributed by atoms with Crippen LogP contribution in [-0.2, 0) is 19.6 Å². The molecule has 0 spiro atoms. The summed E-state index contributed by atoms with van der Waals surface area (Å²) < 4.78 is 51.1. The van der Waals surface area contributed by atoms with Gasteiger partial charge in [0.15, 0.2) is 6.61 Å². The number of rotatable bonds is 9. The van der Waals surface area contributed by atoms with Gasteiger partial charge in [0.05, 0.1) is 22.8 Å². The number of anilines is 2. The number of halogens is 1. The van der Waals surface area contributed by atoms with E-state index >= 15 is 0 Å². The summed E-state index contributed by atoms with van der Waals surface area (Å²) in [6.07, 6.45) is 0. The third kappa shape index (κ3) is 6.53. The van der Waals surface area contributed by atoms with Crippen molar-refractivity contribution in [2.75, 3.05) is 23.3 Å². The molecule has 2 N–H and O–H groups in total. The van der Waals surface area contributed by atoms with E-state index < -0.39 is 34.3 Å². The number of benzene rings is 3. The van der Waals surface area contributed by atoms with E-state index in [-0.39, 0.29) is 16.1 Å². The second-order valence-corrected chi connectivity index (χ2v) is 8.37. The Morgan fingerprint density at radius 3 is 2.27 bits per heavy atom. The molecule has 10 heteroatoms. The van der Waals surface area contributed by atoms with Crippen LogP contribution in [0.5, 0.6) is 5.75 Å². The molecule has 0 aliphatic heterocycles. The van der Waals surface area contributed by atoms with Gasteiger partial charge in [-0.2, -0.15) is 0 Å². The number of ether oxygens (including phenoxy) is 2. The number of carbonyl (C=O) groups is 2. The third-order valence-corrected chi connectivity index (χ3v) is 5.68. The van der Waals surface area contributed by atoms with Gasteiger partial charge in [0.2, 0.25) is 0 Å². The zero-order chi connectivity index (χ0) is 23.8. The quantitative estimate of drug-likeness (QED) is 0.458. The second-order valence-electron chi connectivity index (χ2n) is 6.69. The maximum Gasteiger partial charge on any atom is 0.340 e. The Kier molecular flexibility index (Phi) is 7.62. The van der Waals surface area contributed by atoms with Gasteiger partial charge in [-0.15, -0.1) is 0 Å². The van der Waals surface area contributed by atoms with Crippen molar-refractivity contribution < 1.29 is 31.9 Å². The van der Waals surface area contributed by atoms with Crippen LogP contribution in [-0.4, -0.2) is 33.5 Å². The molecule has 0 radical (unpaired) electrons. The van der Waals surface area contributed by atoms with E-state index in [2.05, 4.69) is 10.0 Å². The maximum atomic E-state index is 12.9. The van der Waals surface area contributed by atoms with Crippen molar-refractivity contribution in [1.82, 2.24) is 0 Å². The molecule has 0 saturated carbocycles. The van der Waals surface area contributed by atoms with E-state index in [1.807, 2.05) is 6.92 Å². The molecular weight excluding hydrogens is 451 g/mol. The Balaban J connectivity index is 1.66. The van der Waals surface area contributed by atoms with Gasteiger partial charge >= 0.3 is 5.97 Å². The highest BCUT2D eigenvalue weighted by atomic mass is 32.2. The molecule has 3 aromatic carbocycles. The predicted molar refractivity (Wildman–Crippen MR) is 120 cm³/mol. The Hall–Kier alpha value is -3.92. The summed E-state index contributed by atoms with van der Waals surface area (Å²) in [5, 5.41) is 2.46. The summed E-state index contributed by atoms with van der Waals surface area (Å²) in [5.74, 6) is -1.46. The zero-order valence-electron chi connectivity index (χ0n) is 17.6. The molecule has 0 unspecified atom stereocenters. The number of esters is 1. The van der Waals surface area contributed by atoms with Gasteiger partial charge in [-0.3, -0.25) is 9.52 Å². The summed E-state index contributed by atoms with van der Waals surface area (Å²) in [4.78, 5) is 24.5. The Bertz CT molecular complexity index is 1230. The van der Waals surface area contributed by atoms with Crippen molar-refractivity contribution in [3.8, 4) is 5.75 Å². The Morgan fingerprint density at radius 2 is 1.61 bits per heavy atom. The molecule has 3 rings (SSSR count). The summed E-state index contributed by atoms with van der Waals surface area (Å²) in [7, 11) is -4.00. The first kappa shape index (κ1) is 23.7. The molecule has 0 aliphatic rings. The normalized spacial score (nSPS) is 10.8. The molecule has 0 fully saturated rings. The molecule has 0 bridgehead atoms. The van der Waals surface area contributed by atoms with Crippen LogP contribution in [0, 0.1) is 5.82 Å². The van der Waals surface area contributed by atoms with E-state index in [0.717, 1.165) is 0 Å². The highest BCUT2D eigenvalue weighted by molar-refractivity contribution is 7.92. The lowest BCUT2D eigenvalue weighted by Gasteiger charge is -2.13. The minimum Gasteiger partial charge on any atom is -0.494 e. The van der Waals surface area contributed by atoms with Crippen molar-refractivity contribution in [1.29, 1.82) is 0 Å². The number of hydrogen-bond donors (Lipinski definition) is 2. The number of amides is 1. The lowest BCUT2D eigenvalue weighted by atomic mass is 10.2. The first-order chi connectivity index (χ1) is 15.8. The van der Waals surface area contributed by atoms with E-state index in [0.29, 0.717) is 18.0 Å². The molecule has 0 aromatic heterocycles. The summed E-state index contributed by atoms with van der Waals surface area (Å²) in [5.41, 5.74) is 0.262. The molecule has 33 heavy (non-hydrogen) atoms. The van der Waals surface area contributed by atoms with Crippen molar-refractivity contribution in [3.63, 3.8) is 0 Å². The van der Waals surface area contributed by atoms with Crippen molar-refractivity contribution >= 4 is 33.3 Å². The number of para-hydroxylation sites is 1. The first-order valence-corrected chi connectivity index (χ1v) is 11.3. The van der Waals surface area contributed by atoms with Crippen molar-refractivity contribution in [3.05, 3.63) is 84.2 Å². The van der Waals surface area contributed by atoms with Crippen LogP contribution in [0.15, 0.2) is 77.7 Å². The summed E-state index contributed by atoms with van der Waals surface area (Å²) >= 11 is 0. The lowest BCUT2D eigenvalue weighted by Crippen LogP contribution is -2.22. The smallest absolute Gasteiger partial charge is 0.340 e. The fraction of sp³-hybridized carbons (Fsp3) is 0.130. The Morgan fingerprint density at radius 1 is 0.939 bits per heavy atom. The average Bonchev–Trinajstić information content (AvgIpc) is 2.80. The van der Waals surface area contributed by atoms with E-state index in [4.69, 9.17) is 9.47 Å². The number of carbonyl (C=O) groups excluding carboxylic acids is 2. The predicted octanol–water partition coefficient (Wildman–Crippen LogP) is 3.82. The molecule has 0 atom stereocenters. The van der Waals surface area contributed by atoms with Gasteiger partial charge in [0.1, 0.15) is 11.6 Å². The largest absolute Gasteiger partial charge is 0.494 e. The molecule has 0 heterocycles. The van der Waals surface area contributed by atoms with Crippen LogP contribution in [0.25, 0.3) is 0 Å². The van der Waals surface area contributed by atoms with Crippen LogP contribution < -0.4 is 14.8 Å². The summed E-state index contributed by atoms with van der Waals surface area (Å²) in [6.45, 7) is 1.65. The fourth-order valence-electron chi connectivity index (χ4n) is 2.77. The molecule has 0 aliphatic carbocycles. The van der Waals surface area contributed by atoms with Gasteiger partial charge < -0.3 is 14.8 Å². The molecule has 1 amide bonds. The van der Waals surface area contributed by atoms with Crippen LogP contribution in [0.2, 0.25) is 0 Å². The zero-order valence-corrected chi connectivity index (χ0v) is 18.4. The van der Waals surface area contributed by atoms with Crippen LogP contribution in [0.4, 0.5) is 15.8 Å². The van der Waals surface area contributed by atoms with Gasteiger partial charge in [0.25, 0.3) is 15.9 Å². The number of sulfonamides is 1. The monoisotopic (exact) mass is 472 g/mol. The van der Waals surface area contributed by atoms with Gasteiger partial charge in [-0.05, 0) is 67.6 Å². The average molecular weight is 472 g/mol. The van der Waals surface area contributed by atoms with Crippen LogP contribution in [0.3, 0.4) is 0 Å². The van der Waals surface area contributed by atoms with Gasteiger partial charge in [-0.1, -0.05) is 12.1 Å². The van der Waals surface area contributed by atoms with E-state index in [1.54, 1.807) is 6.07 Å². The van der Waals surface area contributed by atoms with Gasteiger partial charge in [0, 0.05) is 5.69 Å². The van der Waals surface area contributed by atoms with Crippen LogP contribution >= 0.6 is 0 Å². The first-order valence-electron chi connectivity index (χ1n) is 9.86. The van der Waals surface area contributed by atoms with Crippen molar-refractivity contribution in [2.45, 2.75) is 11.8 Å². The van der Waals surface area contributed by atoms with Gasteiger partial charge in [-0.25, -0.2) is 17.6 Å². The third-order valence-electron chi connectivity index (χ3n) is 4.30. The highest BCUT2D eigenvalue weighted by Gasteiger charge is 2.20. The molecule has 0 saturated heterocycles. The minimum atomic E-state index is -4.00. The summed E-state index contributed by atoms with van der Waals surface area (Å²) in [6, 6.07) is 16.7. The molecular formula is C23H21FN2O6S. The topological polar surface area (TPSA) is 111 Å². The standard InChI is InChI=1S/C23H21FN2O6S/c1-2-31-18-11-13-19(14-12-18)33(29,30)26-21-6-4-3-5-20(21)23(28)32-15-22(27)25-17-9-7-16(24)8-10-17/h3-14,26H,2,15H2,1H3,(H,25,27). The van der Waals surface area contributed by atoms with E-state index in [9.17, 15) is 22.4 Å². The maximum absolute atomic E-state index is 12.9. The molecule has 8 nitrogen and oxygen atoms in total. The fourth-order valence-corrected chi connectivity index (χ4v) is 3.85. The number of hydrogen-bond acceptors (Lipinski definition) is 6. The van der Waals surface area contributed by atoms with Crippen molar-refractivity contribution in [2.24, 2.45) is 0 Å². The van der Waals surface area contributed by atoms with Crippen LogP contribution in [0.1, 0.15) is 17.3 Å². The highest BCUT2D eigenvalue weighted by Crippen LogP contribution is 2.22. The Labute approximate surface area is 190 Å². The lowest BCUT2D eigenvalue weighted by molar-refractivity contribution is -0.119. The SMILES string of the molecule is CCOc1ccc(S(=O)(=O)Nc2ccccc2C(=O)OCC(=O)Nc2ccc(F)cc2)cc1.